The van der Waals surface area contributed by atoms with E-state index in [4.69, 9.17) is 5.73 Å². The first-order valence-corrected chi connectivity index (χ1v) is 5.84. The quantitative estimate of drug-likeness (QED) is 0.743. The first-order chi connectivity index (χ1) is 5.86. The van der Waals surface area contributed by atoms with Gasteiger partial charge >= 0.3 is 0 Å². The smallest absolute Gasteiger partial charge is 0.139 e. The number of nitrogens with two attached hydrogens (primary N) is 1. The lowest BCUT2D eigenvalue weighted by Crippen LogP contribution is -2.31. The predicted molar refractivity (Wildman–Crippen MR) is 56.1 cm³/mol. The van der Waals surface area contributed by atoms with Gasteiger partial charge in [0.05, 0.1) is 0 Å². The molecule has 0 aromatic carbocycles. The second-order valence-corrected chi connectivity index (χ2v) is 4.70. The highest BCUT2D eigenvalue weighted by molar-refractivity contribution is 7.99. The molecule has 0 atom stereocenters. The second kappa shape index (κ2) is 3.53. The van der Waals surface area contributed by atoms with Crippen molar-refractivity contribution >= 4 is 34.1 Å². The molecule has 1 aliphatic heterocycles. The normalized spacial score (nSPS) is 18.2. The van der Waals surface area contributed by atoms with E-state index in [2.05, 4.69) is 9.27 Å². The predicted octanol–water partition coefficient (Wildman–Crippen LogP) is 1.28. The van der Waals surface area contributed by atoms with Crippen LogP contribution in [0.4, 0.5) is 10.8 Å². The van der Waals surface area contributed by atoms with Gasteiger partial charge in [-0.15, -0.1) is 0 Å². The van der Waals surface area contributed by atoms with Crippen molar-refractivity contribution in [3.63, 3.8) is 0 Å². The summed E-state index contributed by atoms with van der Waals surface area (Å²) >= 11 is 3.51. The van der Waals surface area contributed by atoms with Crippen molar-refractivity contribution in [3.8, 4) is 0 Å². The number of nitrogen functional groups attached to an aromatic ring is 1. The lowest BCUT2D eigenvalue weighted by Gasteiger charge is -2.26. The van der Waals surface area contributed by atoms with E-state index in [9.17, 15) is 0 Å². The van der Waals surface area contributed by atoms with Crippen LogP contribution in [0.2, 0.25) is 0 Å². The lowest BCUT2D eigenvalue weighted by molar-refractivity contribution is 0.869. The van der Waals surface area contributed by atoms with Gasteiger partial charge in [0.1, 0.15) is 10.8 Å². The Bertz CT molecular complexity index is 255. The molecule has 0 saturated carbocycles. The standard InChI is InChI=1S/C7H11N3S2/c8-6-5-7(12-9-6)10-1-3-11-4-2-10/h5H,1-4H2,(H2,8,9). The summed E-state index contributed by atoms with van der Waals surface area (Å²) in [5.74, 6) is 3.09. The molecule has 3 nitrogen and oxygen atoms in total. The highest BCUT2D eigenvalue weighted by atomic mass is 32.2. The Morgan fingerprint density at radius 3 is 2.75 bits per heavy atom. The fourth-order valence-corrected chi connectivity index (χ4v) is 2.84. The molecule has 0 radical (unpaired) electrons. The Morgan fingerprint density at radius 2 is 2.17 bits per heavy atom. The third-order valence-corrected chi connectivity index (χ3v) is 3.65. The zero-order chi connectivity index (χ0) is 8.39. The van der Waals surface area contributed by atoms with Crippen molar-refractivity contribution in [2.75, 3.05) is 35.2 Å². The van der Waals surface area contributed by atoms with Crippen molar-refractivity contribution in [1.82, 2.24) is 4.37 Å². The molecule has 2 N–H and O–H groups in total. The Morgan fingerprint density at radius 1 is 1.42 bits per heavy atom. The SMILES string of the molecule is Nc1cc(N2CCSCC2)sn1. The summed E-state index contributed by atoms with van der Waals surface area (Å²) in [6.45, 7) is 2.26. The van der Waals surface area contributed by atoms with Crippen LogP contribution in [0.5, 0.6) is 0 Å². The van der Waals surface area contributed by atoms with Gasteiger partial charge in [-0.05, 0) is 11.5 Å². The largest absolute Gasteiger partial charge is 0.383 e. The minimum absolute atomic E-state index is 0.647. The molecule has 2 heterocycles. The van der Waals surface area contributed by atoms with Crippen LogP contribution in [0.3, 0.4) is 0 Å². The fraction of sp³-hybridized carbons (Fsp3) is 0.571. The first-order valence-electron chi connectivity index (χ1n) is 3.91. The molecule has 0 amide bonds. The van der Waals surface area contributed by atoms with Gasteiger partial charge in [-0.2, -0.15) is 16.1 Å². The van der Waals surface area contributed by atoms with Crippen LogP contribution >= 0.6 is 23.3 Å². The van der Waals surface area contributed by atoms with Gasteiger partial charge in [0, 0.05) is 30.7 Å². The maximum absolute atomic E-state index is 5.55. The molecule has 0 spiro atoms. The molecule has 0 aliphatic carbocycles. The highest BCUT2D eigenvalue weighted by Gasteiger charge is 2.12. The van der Waals surface area contributed by atoms with Crippen molar-refractivity contribution < 1.29 is 0 Å². The zero-order valence-corrected chi connectivity index (χ0v) is 8.33. The molecule has 5 heteroatoms. The minimum atomic E-state index is 0.647. The molecular formula is C7H11N3S2. The van der Waals surface area contributed by atoms with Gasteiger partial charge in [0.15, 0.2) is 0 Å². The van der Waals surface area contributed by atoms with Crippen LogP contribution in [0, 0.1) is 0 Å². The van der Waals surface area contributed by atoms with Crippen LogP contribution in [0.1, 0.15) is 0 Å². The van der Waals surface area contributed by atoms with E-state index in [1.54, 1.807) is 0 Å². The fourth-order valence-electron chi connectivity index (χ4n) is 1.21. The van der Waals surface area contributed by atoms with Crippen LogP contribution in [0.15, 0.2) is 6.07 Å². The number of anilines is 2. The molecule has 1 aromatic rings. The van der Waals surface area contributed by atoms with E-state index in [0.29, 0.717) is 5.82 Å². The van der Waals surface area contributed by atoms with E-state index < -0.39 is 0 Å². The number of thioether (sulfide) groups is 1. The van der Waals surface area contributed by atoms with Crippen LogP contribution in [-0.2, 0) is 0 Å². The average molecular weight is 201 g/mol. The third-order valence-electron chi connectivity index (χ3n) is 1.84. The lowest BCUT2D eigenvalue weighted by atomic mass is 10.5. The molecule has 1 saturated heterocycles. The van der Waals surface area contributed by atoms with Gasteiger partial charge in [0.2, 0.25) is 0 Å². The molecule has 0 unspecified atom stereocenters. The molecule has 1 aromatic heterocycles. The monoisotopic (exact) mass is 201 g/mol. The number of hydrogen-bond acceptors (Lipinski definition) is 5. The van der Waals surface area contributed by atoms with Crippen molar-refractivity contribution in [2.45, 2.75) is 0 Å². The van der Waals surface area contributed by atoms with Gasteiger partial charge < -0.3 is 10.6 Å². The van der Waals surface area contributed by atoms with Gasteiger partial charge in [-0.3, -0.25) is 0 Å². The van der Waals surface area contributed by atoms with E-state index in [0.717, 1.165) is 13.1 Å². The third kappa shape index (κ3) is 1.67. The summed E-state index contributed by atoms with van der Waals surface area (Å²) in [7, 11) is 0. The number of nitrogens with zero attached hydrogens (tertiary/aromatic N) is 2. The number of aromatic nitrogens is 1. The maximum Gasteiger partial charge on any atom is 0.139 e. The zero-order valence-electron chi connectivity index (χ0n) is 6.69. The maximum atomic E-state index is 5.55. The summed E-state index contributed by atoms with van der Waals surface area (Å²) < 4.78 is 4.06. The molecule has 1 aliphatic rings. The van der Waals surface area contributed by atoms with Crippen LogP contribution in [0.25, 0.3) is 0 Å². The van der Waals surface area contributed by atoms with Gasteiger partial charge in [-0.1, -0.05) is 0 Å². The van der Waals surface area contributed by atoms with Crippen molar-refractivity contribution in [2.24, 2.45) is 0 Å². The summed E-state index contributed by atoms with van der Waals surface area (Å²) in [4.78, 5) is 2.35. The molecule has 2 rings (SSSR count). The van der Waals surface area contributed by atoms with Crippen molar-refractivity contribution in [3.05, 3.63) is 6.07 Å². The summed E-state index contributed by atoms with van der Waals surface area (Å²) in [5.41, 5.74) is 5.55. The summed E-state index contributed by atoms with van der Waals surface area (Å²) in [6, 6.07) is 1.96. The minimum Gasteiger partial charge on any atom is -0.383 e. The van der Waals surface area contributed by atoms with E-state index >= 15 is 0 Å². The second-order valence-electron chi connectivity index (χ2n) is 2.69. The molecule has 1 fully saturated rings. The van der Waals surface area contributed by atoms with Crippen LogP contribution < -0.4 is 10.6 Å². The Kier molecular flexibility index (Phi) is 2.41. The summed E-state index contributed by atoms with van der Waals surface area (Å²) in [5, 5.41) is 1.22. The van der Waals surface area contributed by atoms with Gasteiger partial charge in [-0.25, -0.2) is 0 Å². The Hall–Kier alpha value is -0.420. The molecule has 12 heavy (non-hydrogen) atoms. The first kappa shape index (κ1) is 8.19. The number of rotatable bonds is 1. The average Bonchev–Trinajstić information content (AvgIpc) is 2.54. The highest BCUT2D eigenvalue weighted by Crippen LogP contribution is 2.25. The molecular weight excluding hydrogens is 190 g/mol. The van der Waals surface area contributed by atoms with E-state index in [1.807, 2.05) is 17.8 Å². The Labute approximate surface area is 80.1 Å². The van der Waals surface area contributed by atoms with E-state index in [1.165, 1.54) is 28.0 Å². The van der Waals surface area contributed by atoms with Gasteiger partial charge in [0.25, 0.3) is 0 Å². The van der Waals surface area contributed by atoms with E-state index in [-0.39, 0.29) is 0 Å². The molecule has 66 valence electrons. The van der Waals surface area contributed by atoms with Crippen molar-refractivity contribution in [1.29, 1.82) is 0 Å². The topological polar surface area (TPSA) is 42.1 Å². The Balaban J connectivity index is 2.08. The number of hydrogen-bond donors (Lipinski definition) is 1. The molecule has 0 bridgehead atoms. The summed E-state index contributed by atoms with van der Waals surface area (Å²) in [6.07, 6.45) is 0. The van der Waals surface area contributed by atoms with Crippen LogP contribution in [-0.4, -0.2) is 29.0 Å².